The molecule has 0 aromatic heterocycles. The van der Waals surface area contributed by atoms with Crippen LogP contribution in [0.1, 0.15) is 13.8 Å². The molecule has 0 radical (unpaired) electrons. The summed E-state index contributed by atoms with van der Waals surface area (Å²) < 4.78 is 65.3. The maximum atomic E-state index is 13.2. The van der Waals surface area contributed by atoms with E-state index in [0.717, 1.165) is 12.1 Å². The Balaban J connectivity index is 2.72. The van der Waals surface area contributed by atoms with Gasteiger partial charge in [0.2, 0.25) is 5.96 Å². The van der Waals surface area contributed by atoms with Crippen molar-refractivity contribution in [2.45, 2.75) is 31.1 Å². The first-order valence-electron chi connectivity index (χ1n) is 5.69. The Morgan fingerprint density at radius 3 is 2.40 bits per heavy atom. The maximum Gasteiger partial charge on any atom is 0.491 e. The lowest BCUT2D eigenvalue weighted by atomic mass is 10.3. The topological polar surface area (TPSA) is 61.8 Å². The van der Waals surface area contributed by atoms with E-state index in [2.05, 4.69) is 4.99 Å². The van der Waals surface area contributed by atoms with Gasteiger partial charge in [-0.2, -0.15) is 0 Å². The van der Waals surface area contributed by atoms with Gasteiger partial charge in [0, 0.05) is 6.04 Å². The largest absolute Gasteiger partial charge is 0.491 e. The number of nitrogens with zero attached hydrogens (tertiary/aromatic N) is 2. The molecule has 0 fully saturated rings. The van der Waals surface area contributed by atoms with Gasteiger partial charge in [0.1, 0.15) is 4.90 Å². The van der Waals surface area contributed by atoms with Gasteiger partial charge in [-0.1, -0.05) is 12.1 Å². The van der Waals surface area contributed by atoms with Crippen molar-refractivity contribution in [3.63, 3.8) is 0 Å². The molecule has 1 heterocycles. The molecule has 110 valence electrons. The maximum absolute atomic E-state index is 13.2. The van der Waals surface area contributed by atoms with Crippen LogP contribution in [0.15, 0.2) is 34.2 Å². The molecule has 1 N–H and O–H groups in total. The highest BCUT2D eigenvalue weighted by Crippen LogP contribution is 2.36. The Labute approximate surface area is 114 Å². The van der Waals surface area contributed by atoms with Crippen LogP contribution < -0.4 is 9.62 Å². The number of fused-ring (bicyclic) bond motifs is 1. The minimum atomic E-state index is -4.78. The lowest BCUT2D eigenvalue weighted by Gasteiger charge is -2.33. The molecule has 1 aliphatic heterocycles. The van der Waals surface area contributed by atoms with Crippen LogP contribution in [0, 0.1) is 0 Å². The first-order chi connectivity index (χ1) is 9.13. The number of hydrogen-bond acceptors (Lipinski definition) is 3. The molecule has 1 aliphatic rings. The number of anilines is 1. The van der Waals surface area contributed by atoms with Crippen LogP contribution in [-0.4, -0.2) is 26.7 Å². The first-order valence-corrected chi connectivity index (χ1v) is 7.18. The van der Waals surface area contributed by atoms with Crippen molar-refractivity contribution in [3.05, 3.63) is 24.3 Å². The summed E-state index contributed by atoms with van der Waals surface area (Å²) in [5, 5.41) is 0. The minimum absolute atomic E-state index is 0.0661. The van der Waals surface area contributed by atoms with E-state index in [0.29, 0.717) is 0 Å². The molecule has 0 amide bonds. The second-order valence-electron chi connectivity index (χ2n) is 4.42. The van der Waals surface area contributed by atoms with E-state index >= 15 is 0 Å². The number of guanidine groups is 1. The van der Waals surface area contributed by atoms with Gasteiger partial charge < -0.3 is 0 Å². The monoisotopic (exact) mass is 307 g/mol. The molecule has 0 spiro atoms. The van der Waals surface area contributed by atoms with Gasteiger partial charge in [0.15, 0.2) is 0 Å². The fourth-order valence-corrected chi connectivity index (χ4v) is 2.98. The van der Waals surface area contributed by atoms with Crippen LogP contribution in [0.5, 0.6) is 0 Å². The quantitative estimate of drug-likeness (QED) is 0.808. The average Bonchev–Trinajstić information content (AvgIpc) is 2.25. The van der Waals surface area contributed by atoms with Crippen molar-refractivity contribution in [1.29, 1.82) is 0 Å². The number of para-hydroxylation sites is 1. The Morgan fingerprint density at radius 2 is 1.85 bits per heavy atom. The lowest BCUT2D eigenvalue weighted by Crippen LogP contribution is -2.55. The number of rotatable bonds is 1. The summed E-state index contributed by atoms with van der Waals surface area (Å²) >= 11 is 0. The van der Waals surface area contributed by atoms with Gasteiger partial charge in [-0.15, -0.1) is 13.2 Å². The Hall–Kier alpha value is -1.77. The number of benzene rings is 1. The summed E-state index contributed by atoms with van der Waals surface area (Å²) in [4.78, 5) is 3.21. The fraction of sp³-hybridized carbons (Fsp3) is 0.364. The molecule has 0 saturated heterocycles. The molecule has 0 unspecified atom stereocenters. The normalized spacial score (nSPS) is 19.9. The highest BCUT2D eigenvalue weighted by molar-refractivity contribution is 7.90. The molecule has 9 heteroatoms. The Kier molecular flexibility index (Phi) is 3.41. The molecule has 1 aromatic carbocycles. The molecule has 0 bridgehead atoms. The molecule has 5 nitrogen and oxygen atoms in total. The van der Waals surface area contributed by atoms with Gasteiger partial charge >= 0.3 is 6.30 Å². The standard InChI is InChI=1S/C11H12F3N3O2S/c1-7(2)15-10-16-20(18,19)9-6-4-3-5-8(9)17(10)11(12,13)14/h3-7H,1-2H3,(H,15,16). The molecule has 0 aliphatic carbocycles. The Bertz CT molecular complexity index is 653. The van der Waals surface area contributed by atoms with Crippen molar-refractivity contribution in [2.75, 3.05) is 4.90 Å². The summed E-state index contributed by atoms with van der Waals surface area (Å²) in [7, 11) is -4.05. The molecule has 20 heavy (non-hydrogen) atoms. The van der Waals surface area contributed by atoms with Crippen molar-refractivity contribution in [3.8, 4) is 0 Å². The van der Waals surface area contributed by atoms with Crippen molar-refractivity contribution < 1.29 is 21.6 Å². The second-order valence-corrected chi connectivity index (χ2v) is 6.07. The van der Waals surface area contributed by atoms with Crippen LogP contribution in [0.25, 0.3) is 0 Å². The highest BCUT2D eigenvalue weighted by atomic mass is 32.2. The van der Waals surface area contributed by atoms with Crippen LogP contribution in [0.2, 0.25) is 0 Å². The van der Waals surface area contributed by atoms with E-state index in [1.807, 2.05) is 4.72 Å². The Morgan fingerprint density at radius 1 is 1.25 bits per heavy atom. The molecule has 0 saturated carbocycles. The van der Waals surface area contributed by atoms with Crippen LogP contribution in [0.3, 0.4) is 0 Å². The summed E-state index contributed by atoms with van der Waals surface area (Å²) in [6, 6.07) is 4.41. The summed E-state index contributed by atoms with van der Waals surface area (Å²) in [5.74, 6) is -0.744. The van der Waals surface area contributed by atoms with Gasteiger partial charge in [0.25, 0.3) is 10.0 Å². The third kappa shape index (κ3) is 2.58. The predicted molar refractivity (Wildman–Crippen MR) is 67.9 cm³/mol. The van der Waals surface area contributed by atoms with E-state index in [1.54, 1.807) is 13.8 Å². The zero-order valence-electron chi connectivity index (χ0n) is 10.6. The van der Waals surface area contributed by atoms with Crippen molar-refractivity contribution in [1.82, 2.24) is 4.72 Å². The van der Waals surface area contributed by atoms with Gasteiger partial charge in [-0.05, 0) is 26.0 Å². The third-order valence-electron chi connectivity index (χ3n) is 2.47. The zero-order chi connectivity index (χ0) is 15.1. The number of hydrogen-bond donors (Lipinski definition) is 1. The number of nitrogens with one attached hydrogen (secondary N) is 1. The lowest BCUT2D eigenvalue weighted by molar-refractivity contribution is -0.119. The van der Waals surface area contributed by atoms with E-state index < -0.39 is 38.9 Å². The number of sulfonamides is 1. The molecule has 2 rings (SSSR count). The predicted octanol–water partition coefficient (Wildman–Crippen LogP) is 2.07. The SMILES string of the molecule is CC(C)N=C1NS(=O)(=O)c2ccccc2N1C(F)(F)F. The highest BCUT2D eigenvalue weighted by Gasteiger charge is 2.47. The minimum Gasteiger partial charge on any atom is -0.249 e. The van der Waals surface area contributed by atoms with Gasteiger partial charge in [0.05, 0.1) is 5.69 Å². The van der Waals surface area contributed by atoms with E-state index in [4.69, 9.17) is 0 Å². The van der Waals surface area contributed by atoms with Crippen molar-refractivity contribution >= 4 is 21.7 Å². The van der Waals surface area contributed by atoms with E-state index in [1.165, 1.54) is 12.1 Å². The molecular formula is C11H12F3N3O2S. The van der Waals surface area contributed by atoms with Gasteiger partial charge in [-0.25, -0.2) is 23.0 Å². The average molecular weight is 307 g/mol. The van der Waals surface area contributed by atoms with E-state index in [-0.39, 0.29) is 4.90 Å². The van der Waals surface area contributed by atoms with Gasteiger partial charge in [-0.3, -0.25) is 0 Å². The van der Waals surface area contributed by atoms with E-state index in [9.17, 15) is 21.6 Å². The van der Waals surface area contributed by atoms with Crippen LogP contribution in [-0.2, 0) is 10.0 Å². The van der Waals surface area contributed by atoms with Crippen LogP contribution in [0.4, 0.5) is 18.9 Å². The summed E-state index contributed by atoms with van der Waals surface area (Å²) in [6.07, 6.45) is -4.78. The summed E-state index contributed by atoms with van der Waals surface area (Å²) in [5.41, 5.74) is -0.460. The molecule has 1 aromatic rings. The number of aliphatic imine (C=N–C) groups is 1. The fourth-order valence-electron chi connectivity index (χ4n) is 1.79. The zero-order valence-corrected chi connectivity index (χ0v) is 11.5. The molecule has 0 atom stereocenters. The number of alkyl halides is 3. The second kappa shape index (κ2) is 4.65. The smallest absolute Gasteiger partial charge is 0.249 e. The first kappa shape index (κ1) is 14.6. The van der Waals surface area contributed by atoms with Crippen LogP contribution >= 0.6 is 0 Å². The number of halogens is 3. The third-order valence-corrected chi connectivity index (χ3v) is 3.84. The summed E-state index contributed by atoms with van der Waals surface area (Å²) in [6.45, 7) is 3.10. The van der Waals surface area contributed by atoms with Crippen molar-refractivity contribution in [2.24, 2.45) is 4.99 Å². The molecular weight excluding hydrogens is 295 g/mol.